The van der Waals surface area contributed by atoms with Crippen LogP contribution in [0.15, 0.2) is 53.8 Å². The lowest BCUT2D eigenvalue weighted by Gasteiger charge is -2.39. The fraction of sp³-hybridized carbons (Fsp3) is 0.520. The molecule has 8 heteroatoms. The maximum Gasteiger partial charge on any atom is 0.225 e. The average molecular weight is 450 g/mol. The molecule has 2 aliphatic rings. The van der Waals surface area contributed by atoms with Gasteiger partial charge < -0.3 is 20.0 Å². The molecule has 4 rings (SSSR count). The average Bonchev–Trinajstić information content (AvgIpc) is 2.87. The van der Waals surface area contributed by atoms with Gasteiger partial charge in [-0.25, -0.2) is 9.97 Å². The summed E-state index contributed by atoms with van der Waals surface area (Å²) in [6.07, 6.45) is 5.09. The number of aromatic nitrogens is 2. The van der Waals surface area contributed by atoms with Crippen LogP contribution in [0.5, 0.6) is 0 Å². The van der Waals surface area contributed by atoms with Crippen molar-refractivity contribution in [3.8, 4) is 0 Å². The first-order valence-electron chi connectivity index (χ1n) is 12.0. The SMILES string of the molecule is CN=C(NCCC(=O)N1CCN(c2ncccn2)CC1)N1CCC(c2ccccc2)C(C)C1. The van der Waals surface area contributed by atoms with Crippen LogP contribution in [0.2, 0.25) is 0 Å². The fourth-order valence-electron chi connectivity index (χ4n) is 4.92. The van der Waals surface area contributed by atoms with E-state index >= 15 is 0 Å². The summed E-state index contributed by atoms with van der Waals surface area (Å²) in [5, 5.41) is 3.42. The summed E-state index contributed by atoms with van der Waals surface area (Å²) < 4.78 is 0. The monoisotopic (exact) mass is 449 g/mol. The number of piperazine rings is 1. The van der Waals surface area contributed by atoms with Crippen LogP contribution in [0.4, 0.5) is 5.95 Å². The van der Waals surface area contributed by atoms with Crippen LogP contribution in [0.25, 0.3) is 0 Å². The summed E-state index contributed by atoms with van der Waals surface area (Å²) in [6.45, 7) is 7.80. The van der Waals surface area contributed by atoms with E-state index in [1.165, 1.54) is 5.56 Å². The number of benzene rings is 1. The molecule has 1 aromatic carbocycles. The van der Waals surface area contributed by atoms with Gasteiger partial charge >= 0.3 is 0 Å². The van der Waals surface area contributed by atoms with Gasteiger partial charge in [0.25, 0.3) is 0 Å². The highest BCUT2D eigenvalue weighted by atomic mass is 16.2. The molecule has 1 amide bonds. The Balaban J connectivity index is 1.20. The van der Waals surface area contributed by atoms with E-state index in [9.17, 15) is 4.79 Å². The second-order valence-electron chi connectivity index (χ2n) is 8.87. The third-order valence-electron chi connectivity index (χ3n) is 6.73. The number of guanidine groups is 1. The fourth-order valence-corrected chi connectivity index (χ4v) is 4.92. The van der Waals surface area contributed by atoms with Crippen molar-refractivity contribution in [3.63, 3.8) is 0 Å². The number of anilines is 1. The van der Waals surface area contributed by atoms with Gasteiger partial charge in [0.2, 0.25) is 11.9 Å². The van der Waals surface area contributed by atoms with E-state index in [2.05, 4.69) is 67.3 Å². The van der Waals surface area contributed by atoms with Crippen molar-refractivity contribution in [3.05, 3.63) is 54.4 Å². The highest BCUT2D eigenvalue weighted by molar-refractivity contribution is 5.81. The molecule has 2 unspecified atom stereocenters. The van der Waals surface area contributed by atoms with E-state index in [1.54, 1.807) is 12.4 Å². The van der Waals surface area contributed by atoms with Gasteiger partial charge in [-0.3, -0.25) is 9.79 Å². The molecule has 8 nitrogen and oxygen atoms in total. The van der Waals surface area contributed by atoms with Crippen molar-refractivity contribution in [2.45, 2.75) is 25.7 Å². The standard InChI is InChI=1S/C25H35N7O/c1-20-19-32(14-10-22(20)21-7-4-3-5-8-21)24(26-2)29-13-9-23(33)30-15-17-31(18-16-30)25-27-11-6-12-28-25/h3-8,11-12,20,22H,9-10,13-19H2,1-2H3,(H,26,29). The van der Waals surface area contributed by atoms with Crippen molar-refractivity contribution in [2.24, 2.45) is 10.9 Å². The highest BCUT2D eigenvalue weighted by Crippen LogP contribution is 2.32. The van der Waals surface area contributed by atoms with Crippen LogP contribution in [-0.2, 0) is 4.79 Å². The molecule has 33 heavy (non-hydrogen) atoms. The van der Waals surface area contributed by atoms with E-state index in [0.29, 0.717) is 37.9 Å². The lowest BCUT2D eigenvalue weighted by molar-refractivity contribution is -0.131. The Labute approximate surface area is 196 Å². The molecule has 1 N–H and O–H groups in total. The van der Waals surface area contributed by atoms with Crippen molar-refractivity contribution < 1.29 is 4.79 Å². The molecule has 176 valence electrons. The summed E-state index contributed by atoms with van der Waals surface area (Å²) in [5.41, 5.74) is 1.43. The predicted octanol–water partition coefficient (Wildman–Crippen LogP) is 2.22. The highest BCUT2D eigenvalue weighted by Gasteiger charge is 2.29. The lowest BCUT2D eigenvalue weighted by Crippen LogP contribution is -2.51. The van der Waals surface area contributed by atoms with Crippen LogP contribution in [0.1, 0.15) is 31.2 Å². The molecular weight excluding hydrogens is 414 g/mol. The van der Waals surface area contributed by atoms with Gasteiger partial charge in [0.05, 0.1) is 0 Å². The minimum absolute atomic E-state index is 0.183. The van der Waals surface area contributed by atoms with Gasteiger partial charge in [-0.15, -0.1) is 0 Å². The topological polar surface area (TPSA) is 77.0 Å². The Kier molecular flexibility index (Phi) is 7.75. The minimum atomic E-state index is 0.183. The maximum absolute atomic E-state index is 12.7. The summed E-state index contributed by atoms with van der Waals surface area (Å²) in [6, 6.07) is 12.6. The Hall–Kier alpha value is -3.16. The Morgan fingerprint density at radius 2 is 1.76 bits per heavy atom. The largest absolute Gasteiger partial charge is 0.356 e. The van der Waals surface area contributed by atoms with Gasteiger partial charge in [0, 0.05) is 71.7 Å². The number of aliphatic imine (C=N–C) groups is 1. The number of likely N-dealkylation sites (tertiary alicyclic amines) is 1. The predicted molar refractivity (Wildman–Crippen MR) is 131 cm³/mol. The van der Waals surface area contributed by atoms with Crippen LogP contribution < -0.4 is 10.2 Å². The van der Waals surface area contributed by atoms with Crippen LogP contribution in [-0.4, -0.2) is 84.5 Å². The lowest BCUT2D eigenvalue weighted by atomic mass is 9.82. The number of amides is 1. The second kappa shape index (κ2) is 11.1. The molecule has 0 aliphatic carbocycles. The molecule has 2 saturated heterocycles. The third-order valence-corrected chi connectivity index (χ3v) is 6.73. The quantitative estimate of drug-likeness (QED) is 0.557. The zero-order valence-corrected chi connectivity index (χ0v) is 19.7. The number of carbonyl (C=O) groups is 1. The van der Waals surface area contributed by atoms with Crippen molar-refractivity contribution in [2.75, 3.05) is 57.8 Å². The van der Waals surface area contributed by atoms with Gasteiger partial charge in [-0.05, 0) is 29.9 Å². The molecule has 2 aromatic rings. The third kappa shape index (κ3) is 5.80. The summed E-state index contributed by atoms with van der Waals surface area (Å²) in [4.78, 5) is 32.2. The second-order valence-corrected chi connectivity index (χ2v) is 8.87. The Morgan fingerprint density at radius 1 is 1.03 bits per heavy atom. The van der Waals surface area contributed by atoms with Crippen LogP contribution in [0, 0.1) is 5.92 Å². The van der Waals surface area contributed by atoms with E-state index in [4.69, 9.17) is 0 Å². The molecule has 1 aromatic heterocycles. The first-order valence-corrected chi connectivity index (χ1v) is 12.0. The number of hydrogen-bond acceptors (Lipinski definition) is 5. The van der Waals surface area contributed by atoms with E-state index in [-0.39, 0.29) is 5.91 Å². The molecule has 2 aliphatic heterocycles. The zero-order chi connectivity index (χ0) is 23.0. The molecule has 0 bridgehead atoms. The zero-order valence-electron chi connectivity index (χ0n) is 19.7. The van der Waals surface area contributed by atoms with Crippen molar-refractivity contribution in [1.82, 2.24) is 25.1 Å². The Bertz CT molecular complexity index is 913. The maximum atomic E-state index is 12.7. The van der Waals surface area contributed by atoms with Gasteiger partial charge in [-0.2, -0.15) is 0 Å². The van der Waals surface area contributed by atoms with E-state index in [0.717, 1.165) is 44.5 Å². The number of rotatable bonds is 5. The van der Waals surface area contributed by atoms with E-state index in [1.807, 2.05) is 18.0 Å². The van der Waals surface area contributed by atoms with Gasteiger partial charge in [0.15, 0.2) is 5.96 Å². The summed E-state index contributed by atoms with van der Waals surface area (Å²) in [5.74, 6) is 2.95. The number of carbonyl (C=O) groups excluding carboxylic acids is 1. The molecule has 2 fully saturated rings. The first-order chi connectivity index (χ1) is 16.2. The van der Waals surface area contributed by atoms with Gasteiger partial charge in [-0.1, -0.05) is 37.3 Å². The number of nitrogens with one attached hydrogen (secondary N) is 1. The summed E-state index contributed by atoms with van der Waals surface area (Å²) in [7, 11) is 1.82. The molecule has 0 spiro atoms. The molecule has 0 saturated carbocycles. The molecule has 0 radical (unpaired) electrons. The molecular formula is C25H35N7O. The molecule has 2 atom stereocenters. The minimum Gasteiger partial charge on any atom is -0.356 e. The number of hydrogen-bond donors (Lipinski definition) is 1. The van der Waals surface area contributed by atoms with Crippen molar-refractivity contribution >= 4 is 17.8 Å². The number of nitrogens with zero attached hydrogens (tertiary/aromatic N) is 6. The molecule has 3 heterocycles. The Morgan fingerprint density at radius 3 is 2.42 bits per heavy atom. The normalized spacial score (nSPS) is 21.8. The smallest absolute Gasteiger partial charge is 0.225 e. The van der Waals surface area contributed by atoms with Gasteiger partial charge in [0.1, 0.15) is 0 Å². The van der Waals surface area contributed by atoms with Crippen molar-refractivity contribution in [1.29, 1.82) is 0 Å². The number of piperidine rings is 1. The van der Waals surface area contributed by atoms with E-state index < -0.39 is 0 Å². The first kappa shape index (κ1) is 23.0. The van der Waals surface area contributed by atoms with Crippen LogP contribution >= 0.6 is 0 Å². The van der Waals surface area contributed by atoms with Crippen LogP contribution in [0.3, 0.4) is 0 Å². The summed E-state index contributed by atoms with van der Waals surface area (Å²) >= 11 is 0.